The van der Waals surface area contributed by atoms with Crippen LogP contribution in [0.4, 0.5) is 0 Å². The molecule has 0 bridgehead atoms. The highest BCUT2D eigenvalue weighted by Gasteiger charge is 2.31. The maximum absolute atomic E-state index is 12.5. The molecular weight excluding hydrogens is 388 g/mol. The molecule has 2 amide bonds. The van der Waals surface area contributed by atoms with Gasteiger partial charge in [0.1, 0.15) is 6.04 Å². The summed E-state index contributed by atoms with van der Waals surface area (Å²) in [6.07, 6.45) is 3.60. The molecular formula is C22H40N2O6. The number of hydrogen-bond acceptors (Lipinski definition) is 5. The molecule has 30 heavy (non-hydrogen) atoms. The third kappa shape index (κ3) is 11.9. The van der Waals surface area contributed by atoms with Gasteiger partial charge < -0.3 is 25.2 Å². The second kappa shape index (κ2) is 15.0. The first kappa shape index (κ1) is 28.1. The smallest absolute Gasteiger partial charge is 0.326 e. The van der Waals surface area contributed by atoms with E-state index >= 15 is 0 Å². The lowest BCUT2D eigenvalue weighted by atomic mass is 9.92. The molecule has 1 unspecified atom stereocenters. The van der Waals surface area contributed by atoms with Crippen LogP contribution in [0.25, 0.3) is 0 Å². The molecule has 0 aromatic heterocycles. The van der Waals surface area contributed by atoms with E-state index in [0.29, 0.717) is 45.1 Å². The normalized spacial score (nSPS) is 13.2. The van der Waals surface area contributed by atoms with E-state index in [9.17, 15) is 19.5 Å². The molecule has 0 saturated carbocycles. The van der Waals surface area contributed by atoms with Gasteiger partial charge in [-0.1, -0.05) is 26.8 Å². The standard InChI is InChI=1S/C22H40N2O6/c1-7-17(8-2)19(25)23-11-12-29-13-14-30-15-22(5,6)21(28)24-18(20(26)27)10-9-16(3)4/h7,16,18H,8-15H2,1-6H3,(H,23,25)(H,24,28)(H,26,27). The Morgan fingerprint density at radius 3 is 2.23 bits per heavy atom. The van der Waals surface area contributed by atoms with Gasteiger partial charge in [0.25, 0.3) is 0 Å². The summed E-state index contributed by atoms with van der Waals surface area (Å²) in [5, 5.41) is 14.7. The summed E-state index contributed by atoms with van der Waals surface area (Å²) in [5.74, 6) is -1.09. The van der Waals surface area contributed by atoms with Gasteiger partial charge in [-0.3, -0.25) is 9.59 Å². The van der Waals surface area contributed by atoms with Crippen LogP contribution in [0.5, 0.6) is 0 Å². The molecule has 0 radical (unpaired) electrons. The number of carbonyl (C=O) groups is 3. The maximum atomic E-state index is 12.5. The van der Waals surface area contributed by atoms with E-state index in [2.05, 4.69) is 10.6 Å². The lowest BCUT2D eigenvalue weighted by Gasteiger charge is -2.26. The number of aliphatic carboxylic acids is 1. The summed E-state index contributed by atoms with van der Waals surface area (Å²) >= 11 is 0. The van der Waals surface area contributed by atoms with Crippen molar-refractivity contribution in [1.29, 1.82) is 0 Å². The number of hydrogen-bond donors (Lipinski definition) is 3. The number of allylic oxidation sites excluding steroid dienone is 1. The molecule has 0 saturated heterocycles. The Morgan fingerprint density at radius 2 is 1.70 bits per heavy atom. The minimum atomic E-state index is -1.03. The minimum absolute atomic E-state index is 0.0827. The zero-order valence-corrected chi connectivity index (χ0v) is 19.4. The molecule has 8 heteroatoms. The van der Waals surface area contributed by atoms with Gasteiger partial charge in [-0.2, -0.15) is 0 Å². The Bertz CT molecular complexity index is 572. The van der Waals surface area contributed by atoms with Gasteiger partial charge in [-0.15, -0.1) is 0 Å². The molecule has 8 nitrogen and oxygen atoms in total. The fourth-order valence-corrected chi connectivity index (χ4v) is 2.57. The van der Waals surface area contributed by atoms with E-state index in [0.717, 1.165) is 12.0 Å². The highest BCUT2D eigenvalue weighted by molar-refractivity contribution is 5.93. The van der Waals surface area contributed by atoms with E-state index in [1.165, 1.54) is 0 Å². The van der Waals surface area contributed by atoms with Gasteiger partial charge in [-0.05, 0) is 46.0 Å². The SMILES string of the molecule is CC=C(CC)C(=O)NCCOCCOCC(C)(C)C(=O)NC(CCC(C)C)C(=O)O. The zero-order chi connectivity index (χ0) is 23.2. The van der Waals surface area contributed by atoms with Crippen LogP contribution < -0.4 is 10.6 Å². The fraction of sp³-hybridized carbons (Fsp3) is 0.773. The summed E-state index contributed by atoms with van der Waals surface area (Å²) in [4.78, 5) is 35.6. The van der Waals surface area contributed by atoms with Crippen molar-refractivity contribution in [3.8, 4) is 0 Å². The molecule has 0 aromatic rings. The highest BCUT2D eigenvalue weighted by atomic mass is 16.5. The highest BCUT2D eigenvalue weighted by Crippen LogP contribution is 2.17. The molecule has 1 atom stereocenters. The van der Waals surface area contributed by atoms with E-state index in [4.69, 9.17) is 9.47 Å². The molecule has 3 N–H and O–H groups in total. The van der Waals surface area contributed by atoms with Gasteiger partial charge in [0.2, 0.25) is 11.8 Å². The number of rotatable bonds is 16. The van der Waals surface area contributed by atoms with Crippen LogP contribution >= 0.6 is 0 Å². The second-order valence-electron chi connectivity index (χ2n) is 8.31. The van der Waals surface area contributed by atoms with Crippen molar-refractivity contribution < 1.29 is 29.0 Å². The molecule has 0 aliphatic carbocycles. The van der Waals surface area contributed by atoms with Gasteiger partial charge in [-0.25, -0.2) is 4.79 Å². The molecule has 174 valence electrons. The van der Waals surface area contributed by atoms with Crippen molar-refractivity contribution in [2.24, 2.45) is 11.3 Å². The first-order chi connectivity index (χ1) is 14.0. The van der Waals surface area contributed by atoms with Crippen molar-refractivity contribution in [3.05, 3.63) is 11.6 Å². The number of amides is 2. The van der Waals surface area contributed by atoms with Crippen LogP contribution in [0, 0.1) is 11.3 Å². The monoisotopic (exact) mass is 428 g/mol. The molecule has 0 aliphatic rings. The first-order valence-corrected chi connectivity index (χ1v) is 10.7. The van der Waals surface area contributed by atoms with Crippen molar-refractivity contribution in [1.82, 2.24) is 10.6 Å². The van der Waals surface area contributed by atoms with Gasteiger partial charge in [0.15, 0.2) is 0 Å². The summed E-state index contributed by atoms with van der Waals surface area (Å²) in [7, 11) is 0. The third-order valence-electron chi connectivity index (χ3n) is 4.64. The fourth-order valence-electron chi connectivity index (χ4n) is 2.57. The Kier molecular flexibility index (Phi) is 14.0. The molecule has 0 aliphatic heterocycles. The number of ether oxygens (including phenoxy) is 2. The largest absolute Gasteiger partial charge is 0.480 e. The summed E-state index contributed by atoms with van der Waals surface area (Å²) in [5.41, 5.74) is -0.115. The van der Waals surface area contributed by atoms with Crippen LogP contribution in [0.1, 0.15) is 60.8 Å². The first-order valence-electron chi connectivity index (χ1n) is 10.7. The molecule has 0 spiro atoms. The minimum Gasteiger partial charge on any atom is -0.480 e. The van der Waals surface area contributed by atoms with Crippen molar-refractivity contribution >= 4 is 17.8 Å². The summed E-state index contributed by atoms with van der Waals surface area (Å²) in [6, 6.07) is -0.895. The zero-order valence-electron chi connectivity index (χ0n) is 19.4. The van der Waals surface area contributed by atoms with E-state index < -0.39 is 17.4 Å². The number of carbonyl (C=O) groups excluding carboxylic acids is 2. The molecule has 0 heterocycles. The lowest BCUT2D eigenvalue weighted by Crippen LogP contribution is -2.48. The van der Waals surface area contributed by atoms with Gasteiger partial charge in [0.05, 0.1) is 31.8 Å². The number of carboxylic acid groups (broad SMARTS) is 1. The summed E-state index contributed by atoms with van der Waals surface area (Å²) < 4.78 is 10.9. The average molecular weight is 429 g/mol. The van der Waals surface area contributed by atoms with Crippen LogP contribution in [0.15, 0.2) is 11.6 Å². The summed E-state index contributed by atoms with van der Waals surface area (Å²) in [6.45, 7) is 12.8. The molecule has 0 fully saturated rings. The predicted octanol–water partition coefficient (Wildman–Crippen LogP) is 2.52. The quantitative estimate of drug-likeness (QED) is 0.257. The van der Waals surface area contributed by atoms with Crippen molar-refractivity contribution in [2.45, 2.75) is 66.8 Å². The average Bonchev–Trinajstić information content (AvgIpc) is 2.67. The van der Waals surface area contributed by atoms with Gasteiger partial charge in [0, 0.05) is 12.1 Å². The van der Waals surface area contributed by atoms with Gasteiger partial charge >= 0.3 is 5.97 Å². The van der Waals surface area contributed by atoms with Crippen LogP contribution in [-0.2, 0) is 23.9 Å². The van der Waals surface area contributed by atoms with E-state index in [1.54, 1.807) is 19.9 Å². The van der Waals surface area contributed by atoms with E-state index in [1.807, 2.05) is 27.7 Å². The van der Waals surface area contributed by atoms with Crippen LogP contribution in [0.2, 0.25) is 0 Å². The lowest BCUT2D eigenvalue weighted by molar-refractivity contribution is -0.144. The third-order valence-corrected chi connectivity index (χ3v) is 4.64. The number of nitrogens with one attached hydrogen (secondary N) is 2. The Balaban J connectivity index is 4.11. The predicted molar refractivity (Wildman–Crippen MR) is 116 cm³/mol. The topological polar surface area (TPSA) is 114 Å². The van der Waals surface area contributed by atoms with E-state index in [-0.39, 0.29) is 18.4 Å². The van der Waals surface area contributed by atoms with Crippen molar-refractivity contribution in [2.75, 3.05) is 33.0 Å². The number of carboxylic acids is 1. The second-order valence-corrected chi connectivity index (χ2v) is 8.31. The van der Waals surface area contributed by atoms with Crippen LogP contribution in [0.3, 0.4) is 0 Å². The Hall–Kier alpha value is -1.93. The van der Waals surface area contributed by atoms with Crippen molar-refractivity contribution in [3.63, 3.8) is 0 Å². The molecule has 0 aromatic carbocycles. The van der Waals surface area contributed by atoms with Crippen LogP contribution in [-0.4, -0.2) is 61.9 Å². The maximum Gasteiger partial charge on any atom is 0.326 e. The Labute approximate surface area is 180 Å². The Morgan fingerprint density at radius 1 is 1.07 bits per heavy atom. The molecule has 0 rings (SSSR count).